The minimum atomic E-state index is -0.744. The summed E-state index contributed by atoms with van der Waals surface area (Å²) in [5, 5.41) is 22.7. The zero-order chi connectivity index (χ0) is 24.8. The summed E-state index contributed by atoms with van der Waals surface area (Å²) in [6, 6.07) is 5.57. The standard InChI is InChI=1S/C27H37ClN2O4S/c1-34-20-7-8-24-22(15-20)27(23(28)16-29-24)25(31)9-6-18-10-11-30(17-19(18)14-26(32)33)12-13-35-21-4-2-3-5-21/h7-8,15-16,18-19,21,25,31H,2-6,9-14,17H2,1H3,(H,32,33). The number of hydrogen-bond donors (Lipinski definition) is 2. The average molecular weight is 521 g/mol. The van der Waals surface area contributed by atoms with Crippen LogP contribution in [0.2, 0.25) is 5.02 Å². The molecule has 1 aromatic carbocycles. The van der Waals surface area contributed by atoms with Gasteiger partial charge in [0.05, 0.1) is 23.8 Å². The van der Waals surface area contributed by atoms with E-state index in [0.29, 0.717) is 22.8 Å². The van der Waals surface area contributed by atoms with Crippen molar-refractivity contribution < 1.29 is 19.7 Å². The zero-order valence-electron chi connectivity index (χ0n) is 20.5. The Morgan fingerprint density at radius 2 is 2.09 bits per heavy atom. The normalized spacial score (nSPS) is 22.5. The van der Waals surface area contributed by atoms with E-state index in [2.05, 4.69) is 21.6 Å². The van der Waals surface area contributed by atoms with Gasteiger partial charge in [-0.05, 0) is 68.7 Å². The SMILES string of the molecule is COc1ccc2ncc(Cl)c(C(O)CCC3CCN(CCSC4CCCC4)CC3CC(=O)O)c2c1. The first kappa shape index (κ1) is 26.5. The number of pyridine rings is 1. The number of aliphatic carboxylic acids is 1. The third kappa shape index (κ3) is 7.03. The largest absolute Gasteiger partial charge is 0.497 e. The first-order chi connectivity index (χ1) is 16.9. The van der Waals surface area contributed by atoms with Crippen LogP contribution in [-0.4, -0.2) is 63.8 Å². The molecule has 0 radical (unpaired) electrons. The molecular weight excluding hydrogens is 484 g/mol. The first-order valence-electron chi connectivity index (χ1n) is 12.8. The second-order valence-electron chi connectivity index (χ2n) is 9.98. The Bertz CT molecular complexity index is 1000. The summed E-state index contributed by atoms with van der Waals surface area (Å²) in [6.45, 7) is 2.86. The van der Waals surface area contributed by atoms with Gasteiger partial charge in [0.2, 0.25) is 0 Å². The maximum Gasteiger partial charge on any atom is 0.303 e. The number of methoxy groups -OCH3 is 1. The zero-order valence-corrected chi connectivity index (χ0v) is 22.1. The summed E-state index contributed by atoms with van der Waals surface area (Å²) in [7, 11) is 1.61. The van der Waals surface area contributed by atoms with Crippen molar-refractivity contribution in [1.82, 2.24) is 9.88 Å². The van der Waals surface area contributed by atoms with E-state index in [1.54, 1.807) is 13.3 Å². The number of benzene rings is 1. The lowest BCUT2D eigenvalue weighted by molar-refractivity contribution is -0.139. The van der Waals surface area contributed by atoms with Crippen LogP contribution < -0.4 is 4.74 Å². The highest BCUT2D eigenvalue weighted by molar-refractivity contribution is 7.99. The Hall–Kier alpha value is -1.54. The molecule has 0 bridgehead atoms. The summed E-state index contributed by atoms with van der Waals surface area (Å²) in [6.07, 6.45) is 8.73. The number of hydrogen-bond acceptors (Lipinski definition) is 6. The molecule has 1 saturated carbocycles. The molecule has 2 aromatic rings. The van der Waals surface area contributed by atoms with E-state index in [4.69, 9.17) is 16.3 Å². The van der Waals surface area contributed by atoms with Gasteiger partial charge in [-0.2, -0.15) is 11.8 Å². The minimum Gasteiger partial charge on any atom is -0.497 e. The van der Waals surface area contributed by atoms with Gasteiger partial charge < -0.3 is 19.8 Å². The van der Waals surface area contributed by atoms with Crippen LogP contribution in [0.1, 0.15) is 63.0 Å². The minimum absolute atomic E-state index is 0.106. The molecule has 192 valence electrons. The Morgan fingerprint density at radius 1 is 1.29 bits per heavy atom. The van der Waals surface area contributed by atoms with Crippen LogP contribution in [0.3, 0.4) is 0 Å². The quantitative estimate of drug-likeness (QED) is 0.387. The summed E-state index contributed by atoms with van der Waals surface area (Å²) in [5.74, 6) is 1.47. The molecular formula is C27H37ClN2O4S. The van der Waals surface area contributed by atoms with E-state index in [1.165, 1.54) is 25.7 Å². The molecule has 6 nitrogen and oxygen atoms in total. The van der Waals surface area contributed by atoms with Crippen molar-refractivity contribution >= 4 is 40.2 Å². The molecule has 1 saturated heterocycles. The molecule has 1 aliphatic carbocycles. The fraction of sp³-hybridized carbons (Fsp3) is 0.630. The summed E-state index contributed by atoms with van der Waals surface area (Å²) >= 11 is 8.57. The monoisotopic (exact) mass is 520 g/mol. The smallest absolute Gasteiger partial charge is 0.303 e. The number of halogens is 1. The van der Waals surface area contributed by atoms with Gasteiger partial charge in [0, 0.05) is 47.7 Å². The van der Waals surface area contributed by atoms with Crippen LogP contribution in [0.25, 0.3) is 10.9 Å². The first-order valence-corrected chi connectivity index (χ1v) is 14.2. The van der Waals surface area contributed by atoms with Gasteiger partial charge in [0.25, 0.3) is 0 Å². The van der Waals surface area contributed by atoms with Gasteiger partial charge in [0.15, 0.2) is 0 Å². The van der Waals surface area contributed by atoms with Crippen LogP contribution in [0.4, 0.5) is 0 Å². The van der Waals surface area contributed by atoms with Gasteiger partial charge in [0.1, 0.15) is 5.75 Å². The molecule has 1 aliphatic heterocycles. The van der Waals surface area contributed by atoms with Gasteiger partial charge >= 0.3 is 5.97 Å². The highest BCUT2D eigenvalue weighted by Crippen LogP contribution is 2.37. The lowest BCUT2D eigenvalue weighted by atomic mass is 9.79. The number of likely N-dealkylation sites (tertiary alicyclic amines) is 1. The number of nitrogens with zero attached hydrogens (tertiary/aromatic N) is 2. The number of piperidine rings is 1. The third-order valence-electron chi connectivity index (χ3n) is 7.69. The Morgan fingerprint density at radius 3 is 2.83 bits per heavy atom. The van der Waals surface area contributed by atoms with Gasteiger partial charge in [-0.25, -0.2) is 0 Å². The van der Waals surface area contributed by atoms with Crippen LogP contribution in [0.5, 0.6) is 5.75 Å². The number of carboxylic acid groups (broad SMARTS) is 1. The number of carboxylic acids is 1. The molecule has 35 heavy (non-hydrogen) atoms. The molecule has 2 aliphatic rings. The predicted molar refractivity (Wildman–Crippen MR) is 143 cm³/mol. The third-order valence-corrected chi connectivity index (χ3v) is 9.35. The van der Waals surface area contributed by atoms with E-state index >= 15 is 0 Å². The maximum absolute atomic E-state index is 11.6. The topological polar surface area (TPSA) is 82.9 Å². The van der Waals surface area contributed by atoms with Crippen molar-refractivity contribution in [2.75, 3.05) is 32.5 Å². The van der Waals surface area contributed by atoms with Crippen molar-refractivity contribution in [1.29, 1.82) is 0 Å². The molecule has 0 amide bonds. The molecule has 3 atom stereocenters. The van der Waals surface area contributed by atoms with Gasteiger partial charge in [-0.1, -0.05) is 24.4 Å². The van der Waals surface area contributed by atoms with Crippen LogP contribution in [-0.2, 0) is 4.79 Å². The number of rotatable bonds is 11. The lowest BCUT2D eigenvalue weighted by Crippen LogP contribution is -2.42. The summed E-state index contributed by atoms with van der Waals surface area (Å²) in [5.41, 5.74) is 1.43. The fourth-order valence-electron chi connectivity index (χ4n) is 5.75. The van der Waals surface area contributed by atoms with Crippen molar-refractivity contribution in [3.05, 3.63) is 35.0 Å². The van der Waals surface area contributed by atoms with Crippen LogP contribution in [0.15, 0.2) is 24.4 Å². The van der Waals surface area contributed by atoms with Crippen molar-refractivity contribution in [2.24, 2.45) is 11.8 Å². The fourth-order valence-corrected chi connectivity index (χ4v) is 7.39. The van der Waals surface area contributed by atoms with E-state index in [1.807, 2.05) is 18.2 Å². The lowest BCUT2D eigenvalue weighted by Gasteiger charge is -2.38. The van der Waals surface area contributed by atoms with E-state index in [-0.39, 0.29) is 18.3 Å². The van der Waals surface area contributed by atoms with Crippen molar-refractivity contribution in [2.45, 2.75) is 62.7 Å². The van der Waals surface area contributed by atoms with E-state index < -0.39 is 12.1 Å². The number of thioether (sulfide) groups is 1. The van der Waals surface area contributed by atoms with Crippen molar-refractivity contribution in [3.63, 3.8) is 0 Å². The Kier molecular flexibility index (Phi) is 9.56. The molecule has 2 N–H and O–H groups in total. The summed E-state index contributed by atoms with van der Waals surface area (Å²) in [4.78, 5) is 18.4. The van der Waals surface area contributed by atoms with Gasteiger partial charge in [-0.3, -0.25) is 9.78 Å². The second kappa shape index (κ2) is 12.6. The molecule has 1 aromatic heterocycles. The molecule has 2 heterocycles. The predicted octanol–water partition coefficient (Wildman–Crippen LogP) is 5.80. The second-order valence-corrected chi connectivity index (χ2v) is 11.8. The highest BCUT2D eigenvalue weighted by Gasteiger charge is 2.31. The molecule has 8 heteroatoms. The number of carbonyl (C=O) groups is 1. The number of aliphatic hydroxyl groups is 1. The van der Waals surface area contributed by atoms with E-state index in [9.17, 15) is 15.0 Å². The number of fused-ring (bicyclic) bond motifs is 1. The number of aromatic nitrogens is 1. The van der Waals surface area contributed by atoms with Crippen molar-refractivity contribution in [3.8, 4) is 5.75 Å². The average Bonchev–Trinajstić information content (AvgIpc) is 3.36. The molecule has 3 unspecified atom stereocenters. The number of aliphatic hydroxyl groups excluding tert-OH is 1. The van der Waals surface area contributed by atoms with E-state index in [0.717, 1.165) is 54.4 Å². The number of ether oxygens (including phenoxy) is 1. The Balaban J connectivity index is 1.37. The molecule has 2 fully saturated rings. The molecule has 0 spiro atoms. The van der Waals surface area contributed by atoms with Gasteiger partial charge in [-0.15, -0.1) is 0 Å². The van der Waals surface area contributed by atoms with Crippen LogP contribution in [0, 0.1) is 11.8 Å². The molecule has 4 rings (SSSR count). The maximum atomic E-state index is 11.6. The van der Waals surface area contributed by atoms with Crippen LogP contribution >= 0.6 is 23.4 Å². The summed E-state index contributed by atoms with van der Waals surface area (Å²) < 4.78 is 5.36. The highest BCUT2D eigenvalue weighted by atomic mass is 35.5. The Labute approximate surface area is 217 Å².